The monoisotopic (exact) mass is 373 g/mol. The molecule has 0 heterocycles. The van der Waals surface area contributed by atoms with Crippen LogP contribution in [0.4, 0.5) is 5.69 Å². The molecule has 28 heavy (non-hydrogen) atoms. The molecule has 0 atom stereocenters. The van der Waals surface area contributed by atoms with Crippen LogP contribution < -0.4 is 0 Å². The maximum Gasteiger partial charge on any atom is 0.269 e. The number of hydrogen-bond donors (Lipinski definition) is 0. The summed E-state index contributed by atoms with van der Waals surface area (Å²) in [5, 5.41) is 10.7. The van der Waals surface area contributed by atoms with E-state index in [1.165, 1.54) is 30.5 Å². The Morgan fingerprint density at radius 3 is 1.89 bits per heavy atom. The fourth-order valence-electron chi connectivity index (χ4n) is 3.12. The lowest BCUT2D eigenvalue weighted by Crippen LogP contribution is -2.03. The Hall–Kier alpha value is -3.27. The van der Waals surface area contributed by atoms with Gasteiger partial charge in [-0.25, -0.2) is 0 Å². The number of Topliss-reactive ketones (excluding diaryl/α,β-unsaturated/α-hetero) is 1. The minimum atomic E-state index is -0.444. The summed E-state index contributed by atoms with van der Waals surface area (Å²) in [7, 11) is 0. The van der Waals surface area contributed by atoms with Crippen LogP contribution in [0, 0.1) is 10.1 Å². The molecule has 0 radical (unpaired) electrons. The van der Waals surface area contributed by atoms with E-state index >= 15 is 0 Å². The van der Waals surface area contributed by atoms with Crippen molar-refractivity contribution in [3.63, 3.8) is 0 Å². The van der Waals surface area contributed by atoms with E-state index in [0.29, 0.717) is 5.56 Å². The van der Waals surface area contributed by atoms with Gasteiger partial charge in [-0.1, -0.05) is 74.0 Å². The van der Waals surface area contributed by atoms with Gasteiger partial charge < -0.3 is 0 Å². The van der Waals surface area contributed by atoms with Gasteiger partial charge in [0, 0.05) is 24.1 Å². The minimum absolute atomic E-state index is 0.00434. The van der Waals surface area contributed by atoms with Gasteiger partial charge in [0.15, 0.2) is 5.78 Å². The third kappa shape index (κ3) is 4.92. The van der Waals surface area contributed by atoms with Gasteiger partial charge in [-0.05, 0) is 35.1 Å². The van der Waals surface area contributed by atoms with Crippen LogP contribution in [-0.4, -0.2) is 10.7 Å². The van der Waals surface area contributed by atoms with Crippen LogP contribution in [0.15, 0.2) is 72.8 Å². The highest BCUT2D eigenvalue weighted by Crippen LogP contribution is 2.22. The third-order valence-corrected chi connectivity index (χ3v) is 4.82. The highest BCUT2D eigenvalue weighted by molar-refractivity contribution is 5.97. The van der Waals surface area contributed by atoms with E-state index in [9.17, 15) is 14.9 Å². The molecule has 0 bridgehead atoms. The van der Waals surface area contributed by atoms with Crippen LogP contribution in [0.25, 0.3) is 11.1 Å². The molecule has 3 aromatic carbocycles. The number of nitrogens with zero attached hydrogens (tertiary/aromatic N) is 1. The van der Waals surface area contributed by atoms with Crippen molar-refractivity contribution in [1.82, 2.24) is 0 Å². The van der Waals surface area contributed by atoms with E-state index < -0.39 is 4.92 Å². The number of aryl methyl sites for hydroxylation is 1. The molecule has 4 nitrogen and oxygen atoms in total. The standard InChI is InChI=1S/C24H23NO3/c1-2-3-4-18-5-9-20(10-6-18)21-11-13-22(14-12-21)24(26)17-19-7-15-23(16-8-19)25(27)28/h5-16H,2-4,17H2,1H3. The molecule has 142 valence electrons. The fourth-order valence-corrected chi connectivity index (χ4v) is 3.12. The molecule has 0 N–H and O–H groups in total. The summed E-state index contributed by atoms with van der Waals surface area (Å²) in [6, 6.07) is 22.3. The first-order valence-electron chi connectivity index (χ1n) is 9.52. The average Bonchev–Trinajstić information content (AvgIpc) is 2.73. The van der Waals surface area contributed by atoms with Crippen molar-refractivity contribution in [2.75, 3.05) is 0 Å². The predicted octanol–water partition coefficient (Wildman–Crippen LogP) is 6.03. The van der Waals surface area contributed by atoms with Crippen LogP contribution in [0.1, 0.15) is 41.3 Å². The SMILES string of the molecule is CCCCc1ccc(-c2ccc(C(=O)Cc3ccc([N+](=O)[O-])cc3)cc2)cc1. The number of nitro benzene ring substituents is 1. The Bertz CT molecular complexity index is 943. The van der Waals surface area contributed by atoms with E-state index in [4.69, 9.17) is 0 Å². The number of hydrogen-bond acceptors (Lipinski definition) is 3. The normalized spacial score (nSPS) is 10.6. The second-order valence-electron chi connectivity index (χ2n) is 6.90. The van der Waals surface area contributed by atoms with Crippen molar-refractivity contribution in [2.45, 2.75) is 32.6 Å². The number of nitro groups is 1. The average molecular weight is 373 g/mol. The largest absolute Gasteiger partial charge is 0.294 e. The summed E-state index contributed by atoms with van der Waals surface area (Å²) >= 11 is 0. The maximum absolute atomic E-state index is 12.5. The van der Waals surface area contributed by atoms with E-state index in [1.807, 2.05) is 24.3 Å². The van der Waals surface area contributed by atoms with Crippen LogP contribution in [0.3, 0.4) is 0 Å². The van der Waals surface area contributed by atoms with Crippen molar-refractivity contribution in [3.8, 4) is 11.1 Å². The van der Waals surface area contributed by atoms with E-state index in [0.717, 1.165) is 23.1 Å². The summed E-state index contributed by atoms with van der Waals surface area (Å²) in [5.41, 5.74) is 4.99. The van der Waals surface area contributed by atoms with Crippen molar-refractivity contribution in [1.29, 1.82) is 0 Å². The lowest BCUT2D eigenvalue weighted by molar-refractivity contribution is -0.384. The van der Waals surface area contributed by atoms with Crippen LogP contribution in [0.5, 0.6) is 0 Å². The molecular weight excluding hydrogens is 350 g/mol. The Morgan fingerprint density at radius 2 is 1.36 bits per heavy atom. The van der Waals surface area contributed by atoms with Crippen LogP contribution in [-0.2, 0) is 12.8 Å². The molecule has 0 aliphatic carbocycles. The van der Waals surface area contributed by atoms with Crippen molar-refractivity contribution >= 4 is 11.5 Å². The first-order valence-corrected chi connectivity index (χ1v) is 9.52. The number of rotatable bonds is 8. The molecule has 0 fully saturated rings. The lowest BCUT2D eigenvalue weighted by Gasteiger charge is -2.06. The Balaban J connectivity index is 1.66. The summed E-state index contributed by atoms with van der Waals surface area (Å²) in [5.74, 6) is -0.00434. The van der Waals surface area contributed by atoms with Gasteiger partial charge in [0.1, 0.15) is 0 Å². The quantitative estimate of drug-likeness (QED) is 0.275. The first-order chi connectivity index (χ1) is 13.6. The van der Waals surface area contributed by atoms with Crippen LogP contribution >= 0.6 is 0 Å². The molecular formula is C24H23NO3. The summed E-state index contributed by atoms with van der Waals surface area (Å²) < 4.78 is 0. The molecule has 3 aromatic rings. The van der Waals surface area contributed by atoms with Crippen molar-refractivity contribution < 1.29 is 9.72 Å². The molecule has 0 aliphatic heterocycles. The Kier molecular flexibility index (Phi) is 6.33. The molecule has 0 aromatic heterocycles. The van der Waals surface area contributed by atoms with Crippen LogP contribution in [0.2, 0.25) is 0 Å². The third-order valence-electron chi connectivity index (χ3n) is 4.82. The second-order valence-corrected chi connectivity index (χ2v) is 6.90. The highest BCUT2D eigenvalue weighted by Gasteiger charge is 2.10. The minimum Gasteiger partial charge on any atom is -0.294 e. The summed E-state index contributed by atoms with van der Waals surface area (Å²) in [4.78, 5) is 22.8. The maximum atomic E-state index is 12.5. The van der Waals surface area contributed by atoms with Gasteiger partial charge in [0.05, 0.1) is 4.92 Å². The van der Waals surface area contributed by atoms with E-state index in [1.54, 1.807) is 12.1 Å². The Morgan fingerprint density at radius 1 is 0.821 bits per heavy atom. The number of carbonyl (C=O) groups is 1. The zero-order valence-electron chi connectivity index (χ0n) is 15.9. The number of unbranched alkanes of at least 4 members (excludes halogenated alkanes) is 1. The number of non-ortho nitro benzene ring substituents is 1. The van der Waals surface area contributed by atoms with Gasteiger partial charge in [-0.2, -0.15) is 0 Å². The van der Waals surface area contributed by atoms with Crippen molar-refractivity contribution in [3.05, 3.63) is 99.6 Å². The molecule has 4 heteroatoms. The molecule has 0 aliphatic rings. The number of ketones is 1. The molecule has 0 spiro atoms. The Labute approximate surface area is 165 Å². The van der Waals surface area contributed by atoms with Gasteiger partial charge in [-0.15, -0.1) is 0 Å². The molecule has 0 amide bonds. The van der Waals surface area contributed by atoms with Crippen molar-refractivity contribution in [2.24, 2.45) is 0 Å². The fraction of sp³-hybridized carbons (Fsp3) is 0.208. The van der Waals surface area contributed by atoms with E-state index in [-0.39, 0.29) is 17.9 Å². The molecule has 3 rings (SSSR count). The molecule has 0 saturated carbocycles. The number of carbonyl (C=O) groups excluding carboxylic acids is 1. The topological polar surface area (TPSA) is 60.2 Å². The molecule has 0 unspecified atom stereocenters. The summed E-state index contributed by atoms with van der Waals surface area (Å²) in [6.45, 7) is 2.19. The number of benzene rings is 3. The lowest BCUT2D eigenvalue weighted by atomic mass is 9.98. The predicted molar refractivity (Wildman–Crippen MR) is 112 cm³/mol. The molecule has 0 saturated heterocycles. The second kappa shape index (κ2) is 9.09. The highest BCUT2D eigenvalue weighted by atomic mass is 16.6. The smallest absolute Gasteiger partial charge is 0.269 e. The van der Waals surface area contributed by atoms with Gasteiger partial charge >= 0.3 is 0 Å². The van der Waals surface area contributed by atoms with Gasteiger partial charge in [0.2, 0.25) is 0 Å². The van der Waals surface area contributed by atoms with Gasteiger partial charge in [0.25, 0.3) is 5.69 Å². The summed E-state index contributed by atoms with van der Waals surface area (Å²) in [6.07, 6.45) is 3.72. The van der Waals surface area contributed by atoms with Gasteiger partial charge in [-0.3, -0.25) is 14.9 Å². The zero-order chi connectivity index (χ0) is 19.9. The zero-order valence-corrected chi connectivity index (χ0v) is 15.9. The van der Waals surface area contributed by atoms with E-state index in [2.05, 4.69) is 31.2 Å². The first kappa shape index (κ1) is 19.5.